The van der Waals surface area contributed by atoms with Gasteiger partial charge in [0.1, 0.15) is 5.82 Å². The van der Waals surface area contributed by atoms with Crippen molar-refractivity contribution in [2.75, 3.05) is 5.32 Å². The molecule has 2 nitrogen and oxygen atoms in total. The van der Waals surface area contributed by atoms with E-state index in [9.17, 15) is 4.39 Å². The van der Waals surface area contributed by atoms with Gasteiger partial charge in [0.25, 0.3) is 0 Å². The van der Waals surface area contributed by atoms with Crippen LogP contribution in [-0.4, -0.2) is 4.98 Å². The maximum Gasteiger partial charge on any atom is 0.187 e. The number of rotatable bonds is 3. The minimum absolute atomic E-state index is 0.258. The van der Waals surface area contributed by atoms with Crippen LogP contribution in [0.3, 0.4) is 0 Å². The molecule has 0 amide bonds. The summed E-state index contributed by atoms with van der Waals surface area (Å²) < 4.78 is 12.8. The zero-order valence-corrected chi connectivity index (χ0v) is 11.9. The summed E-state index contributed by atoms with van der Waals surface area (Å²) in [5.41, 5.74) is 2.52. The highest BCUT2D eigenvalue weighted by Gasteiger charge is 2.07. The second-order valence-electron chi connectivity index (χ2n) is 4.15. The SMILES string of the molecule is Fc1ccc(Nc2nc(-c3ccccc3Cl)cs2)cc1. The Kier molecular flexibility index (Phi) is 3.67. The van der Waals surface area contributed by atoms with Gasteiger partial charge in [-0.3, -0.25) is 0 Å². The number of hydrogen-bond donors (Lipinski definition) is 1. The van der Waals surface area contributed by atoms with E-state index in [-0.39, 0.29) is 5.82 Å². The average molecular weight is 305 g/mol. The molecule has 20 heavy (non-hydrogen) atoms. The number of hydrogen-bond acceptors (Lipinski definition) is 3. The van der Waals surface area contributed by atoms with E-state index in [4.69, 9.17) is 11.6 Å². The van der Waals surface area contributed by atoms with Gasteiger partial charge in [0.2, 0.25) is 0 Å². The van der Waals surface area contributed by atoms with Crippen LogP contribution in [0, 0.1) is 5.82 Å². The molecule has 3 rings (SSSR count). The molecule has 0 radical (unpaired) electrons. The maximum absolute atomic E-state index is 12.8. The Morgan fingerprint density at radius 2 is 1.80 bits per heavy atom. The lowest BCUT2D eigenvalue weighted by Gasteiger charge is -2.02. The molecule has 0 fully saturated rings. The molecule has 0 aliphatic carbocycles. The minimum atomic E-state index is -0.258. The van der Waals surface area contributed by atoms with Crippen molar-refractivity contribution in [2.45, 2.75) is 0 Å². The molecule has 0 unspecified atom stereocenters. The van der Waals surface area contributed by atoms with E-state index in [0.717, 1.165) is 22.1 Å². The Labute approximate surface area is 124 Å². The molecular formula is C15H10ClFN2S. The van der Waals surface area contributed by atoms with E-state index < -0.39 is 0 Å². The first-order valence-electron chi connectivity index (χ1n) is 5.95. The van der Waals surface area contributed by atoms with Gasteiger partial charge in [-0.15, -0.1) is 11.3 Å². The van der Waals surface area contributed by atoms with Crippen molar-refractivity contribution in [3.05, 3.63) is 64.8 Å². The number of aromatic nitrogens is 1. The van der Waals surface area contributed by atoms with Crippen molar-refractivity contribution in [1.29, 1.82) is 0 Å². The van der Waals surface area contributed by atoms with Gasteiger partial charge in [0.15, 0.2) is 5.13 Å². The zero-order valence-electron chi connectivity index (χ0n) is 10.3. The quantitative estimate of drug-likeness (QED) is 0.706. The first kappa shape index (κ1) is 13.1. The normalized spacial score (nSPS) is 10.5. The van der Waals surface area contributed by atoms with Crippen LogP contribution in [0.25, 0.3) is 11.3 Å². The van der Waals surface area contributed by atoms with E-state index in [2.05, 4.69) is 10.3 Å². The van der Waals surface area contributed by atoms with Crippen molar-refractivity contribution in [2.24, 2.45) is 0 Å². The Morgan fingerprint density at radius 3 is 2.55 bits per heavy atom. The summed E-state index contributed by atoms with van der Waals surface area (Å²) in [4.78, 5) is 4.49. The van der Waals surface area contributed by atoms with Gasteiger partial charge in [-0.25, -0.2) is 9.37 Å². The summed E-state index contributed by atoms with van der Waals surface area (Å²) in [7, 11) is 0. The third kappa shape index (κ3) is 2.81. The summed E-state index contributed by atoms with van der Waals surface area (Å²) in [6.07, 6.45) is 0. The first-order valence-corrected chi connectivity index (χ1v) is 7.21. The van der Waals surface area contributed by atoms with Crippen LogP contribution >= 0.6 is 22.9 Å². The summed E-state index contributed by atoms with van der Waals surface area (Å²) in [6, 6.07) is 13.7. The standard InChI is InChI=1S/C15H10ClFN2S/c16-13-4-2-1-3-12(13)14-9-20-15(19-14)18-11-7-5-10(17)6-8-11/h1-9H,(H,18,19). The molecule has 0 aliphatic heterocycles. The van der Waals surface area contributed by atoms with Crippen molar-refractivity contribution < 1.29 is 4.39 Å². The Balaban J connectivity index is 1.84. The second kappa shape index (κ2) is 5.61. The third-order valence-corrected chi connectivity index (χ3v) is 3.84. The van der Waals surface area contributed by atoms with Gasteiger partial charge < -0.3 is 5.32 Å². The van der Waals surface area contributed by atoms with Crippen LogP contribution in [-0.2, 0) is 0 Å². The lowest BCUT2D eigenvalue weighted by Crippen LogP contribution is -1.89. The molecule has 0 aliphatic rings. The smallest absolute Gasteiger partial charge is 0.187 e. The van der Waals surface area contributed by atoms with Crippen molar-refractivity contribution in [1.82, 2.24) is 4.98 Å². The van der Waals surface area contributed by atoms with Gasteiger partial charge in [0.05, 0.1) is 5.69 Å². The topological polar surface area (TPSA) is 24.9 Å². The molecular weight excluding hydrogens is 295 g/mol. The molecule has 100 valence electrons. The van der Waals surface area contributed by atoms with Gasteiger partial charge in [-0.05, 0) is 30.3 Å². The Hall–Kier alpha value is -1.91. The van der Waals surface area contributed by atoms with Crippen LogP contribution < -0.4 is 5.32 Å². The lowest BCUT2D eigenvalue weighted by molar-refractivity contribution is 0.628. The fraction of sp³-hybridized carbons (Fsp3) is 0. The molecule has 5 heteroatoms. The van der Waals surface area contributed by atoms with Crippen molar-refractivity contribution in [3.8, 4) is 11.3 Å². The highest BCUT2D eigenvalue weighted by atomic mass is 35.5. The number of benzene rings is 2. The van der Waals surface area contributed by atoms with Crippen molar-refractivity contribution in [3.63, 3.8) is 0 Å². The molecule has 0 bridgehead atoms. The molecule has 1 N–H and O–H groups in total. The number of nitrogens with one attached hydrogen (secondary N) is 1. The average Bonchev–Trinajstić information content (AvgIpc) is 2.90. The Bertz CT molecular complexity index is 725. The number of anilines is 2. The summed E-state index contributed by atoms with van der Waals surface area (Å²) >= 11 is 7.63. The largest absolute Gasteiger partial charge is 0.332 e. The van der Waals surface area contributed by atoms with Crippen LogP contribution in [0.2, 0.25) is 5.02 Å². The van der Waals surface area contributed by atoms with Crippen LogP contribution in [0.4, 0.5) is 15.2 Å². The van der Waals surface area contributed by atoms with Crippen LogP contribution in [0.1, 0.15) is 0 Å². The minimum Gasteiger partial charge on any atom is -0.332 e. The maximum atomic E-state index is 12.8. The molecule has 2 aromatic carbocycles. The third-order valence-electron chi connectivity index (χ3n) is 2.75. The summed E-state index contributed by atoms with van der Waals surface area (Å²) in [5.74, 6) is -0.258. The summed E-state index contributed by atoms with van der Waals surface area (Å²) in [5, 5.41) is 6.49. The molecule has 0 saturated carbocycles. The fourth-order valence-electron chi connectivity index (χ4n) is 1.78. The van der Waals surface area contributed by atoms with Gasteiger partial charge in [-0.1, -0.05) is 29.8 Å². The van der Waals surface area contributed by atoms with Gasteiger partial charge in [0, 0.05) is 21.7 Å². The van der Waals surface area contributed by atoms with E-state index in [1.807, 2.05) is 29.6 Å². The van der Waals surface area contributed by atoms with E-state index in [1.54, 1.807) is 12.1 Å². The number of halogens is 2. The monoisotopic (exact) mass is 304 g/mol. The molecule has 0 saturated heterocycles. The van der Waals surface area contributed by atoms with Gasteiger partial charge in [-0.2, -0.15) is 0 Å². The molecule has 1 aromatic heterocycles. The molecule has 3 aromatic rings. The lowest BCUT2D eigenvalue weighted by atomic mass is 10.2. The summed E-state index contributed by atoms with van der Waals surface area (Å²) in [6.45, 7) is 0. The highest BCUT2D eigenvalue weighted by molar-refractivity contribution is 7.14. The van der Waals surface area contributed by atoms with Crippen LogP contribution in [0.15, 0.2) is 53.9 Å². The predicted molar refractivity (Wildman–Crippen MR) is 82.2 cm³/mol. The Morgan fingerprint density at radius 1 is 1.05 bits per heavy atom. The molecule has 0 atom stereocenters. The molecule has 1 heterocycles. The van der Waals surface area contributed by atoms with E-state index in [0.29, 0.717) is 5.02 Å². The number of nitrogens with zero attached hydrogens (tertiary/aromatic N) is 1. The van der Waals surface area contributed by atoms with Crippen molar-refractivity contribution >= 4 is 33.8 Å². The zero-order chi connectivity index (χ0) is 13.9. The second-order valence-corrected chi connectivity index (χ2v) is 5.41. The van der Waals surface area contributed by atoms with E-state index >= 15 is 0 Å². The van der Waals surface area contributed by atoms with Crippen LogP contribution in [0.5, 0.6) is 0 Å². The van der Waals surface area contributed by atoms with E-state index in [1.165, 1.54) is 23.5 Å². The first-order chi connectivity index (χ1) is 9.72. The predicted octanol–water partition coefficient (Wildman–Crippen LogP) is 5.35. The van der Waals surface area contributed by atoms with Gasteiger partial charge >= 0.3 is 0 Å². The fourth-order valence-corrected chi connectivity index (χ4v) is 2.74. The number of thiazole rings is 1. The highest BCUT2D eigenvalue weighted by Crippen LogP contribution is 2.31. The molecule has 0 spiro atoms.